The van der Waals surface area contributed by atoms with Gasteiger partial charge in [-0.2, -0.15) is 0 Å². The lowest BCUT2D eigenvalue weighted by atomic mass is 9.77. The van der Waals surface area contributed by atoms with Crippen molar-refractivity contribution in [3.05, 3.63) is 124 Å². The molecule has 0 saturated heterocycles. The second kappa shape index (κ2) is 12.2. The molecule has 154 valence electrons. The monoisotopic (exact) mass is 480 g/mol. The molecule has 0 bridgehead atoms. The van der Waals surface area contributed by atoms with Crippen LogP contribution in [0.1, 0.15) is 22.3 Å². The number of hydrogen-bond acceptors (Lipinski definition) is 4. The minimum atomic E-state index is -1.51. The zero-order chi connectivity index (χ0) is 22.6. The van der Waals surface area contributed by atoms with E-state index in [9.17, 15) is 10.0 Å². The molecule has 2 heterocycles. The van der Waals surface area contributed by atoms with E-state index in [1.165, 1.54) is 0 Å². The fraction of sp³-hybridized carbons (Fsp3) is 0. The topological polar surface area (TPSA) is 66.2 Å². The Hall–Kier alpha value is -3.68. The van der Waals surface area contributed by atoms with Crippen molar-refractivity contribution in [1.29, 1.82) is 0 Å². The van der Waals surface area contributed by atoms with Crippen molar-refractivity contribution in [2.24, 2.45) is 0 Å². The largest absolute Gasteiger partial charge is 0.489 e. The molecule has 4 nitrogen and oxygen atoms in total. The van der Waals surface area contributed by atoms with Crippen LogP contribution in [-0.2, 0) is 0 Å². The third-order valence-electron chi connectivity index (χ3n) is 4.12. The Balaban J connectivity index is 0.000000182. The van der Waals surface area contributed by atoms with Crippen molar-refractivity contribution in [2.75, 3.05) is 0 Å². The van der Waals surface area contributed by atoms with Crippen LogP contribution >= 0.6 is 15.9 Å². The average molecular weight is 481 g/mol. The smallest absolute Gasteiger partial charge is 0.423 e. The van der Waals surface area contributed by atoms with Crippen LogP contribution in [0.4, 0.5) is 0 Å². The first-order valence-electron chi connectivity index (χ1n) is 9.67. The molecule has 2 N–H and O–H groups in total. The van der Waals surface area contributed by atoms with Crippen molar-refractivity contribution in [3.63, 3.8) is 0 Å². The molecular weight excluding hydrogens is 463 g/mol. The minimum absolute atomic E-state index is 0.406. The Bertz CT molecular complexity index is 1270. The molecule has 0 unspecified atom stereocenters. The number of rotatable bonds is 1. The van der Waals surface area contributed by atoms with E-state index >= 15 is 0 Å². The molecule has 0 aliphatic rings. The van der Waals surface area contributed by atoms with Gasteiger partial charge in [-0.25, -0.2) is 0 Å². The van der Waals surface area contributed by atoms with Crippen LogP contribution in [0.2, 0.25) is 0 Å². The van der Waals surface area contributed by atoms with Gasteiger partial charge in [0.05, 0.1) is 0 Å². The van der Waals surface area contributed by atoms with Crippen LogP contribution in [0.15, 0.2) is 102 Å². The first-order valence-corrected chi connectivity index (χ1v) is 10.5. The van der Waals surface area contributed by atoms with Crippen molar-refractivity contribution >= 4 is 28.5 Å². The van der Waals surface area contributed by atoms with Gasteiger partial charge in [-0.05, 0) is 63.9 Å². The summed E-state index contributed by atoms with van der Waals surface area (Å²) in [5.41, 5.74) is 3.71. The summed E-state index contributed by atoms with van der Waals surface area (Å²) in [6.07, 6.45) is 6.83. The van der Waals surface area contributed by atoms with Crippen molar-refractivity contribution in [3.8, 4) is 23.7 Å². The number of hydrogen-bond donors (Lipinski definition) is 2. The molecule has 0 aliphatic heterocycles. The van der Waals surface area contributed by atoms with Gasteiger partial charge in [0.15, 0.2) is 0 Å². The quantitative estimate of drug-likeness (QED) is 0.323. The van der Waals surface area contributed by atoms with Crippen molar-refractivity contribution < 1.29 is 10.0 Å². The average Bonchev–Trinajstić information content (AvgIpc) is 2.84. The van der Waals surface area contributed by atoms with Gasteiger partial charge < -0.3 is 10.0 Å². The van der Waals surface area contributed by atoms with Gasteiger partial charge >= 0.3 is 7.12 Å². The number of pyridine rings is 2. The zero-order valence-electron chi connectivity index (χ0n) is 17.0. The van der Waals surface area contributed by atoms with E-state index in [1.807, 2.05) is 42.5 Å². The van der Waals surface area contributed by atoms with E-state index in [-0.39, 0.29) is 0 Å². The molecule has 32 heavy (non-hydrogen) atoms. The van der Waals surface area contributed by atoms with Crippen LogP contribution in [0.5, 0.6) is 0 Å². The Kier molecular flexibility index (Phi) is 8.80. The lowest BCUT2D eigenvalue weighted by Gasteiger charge is -2.01. The Labute approximate surface area is 196 Å². The summed E-state index contributed by atoms with van der Waals surface area (Å²) in [6, 6.07) is 22.3. The third-order valence-corrected chi connectivity index (χ3v) is 4.81. The highest BCUT2D eigenvalue weighted by Crippen LogP contribution is 2.14. The summed E-state index contributed by atoms with van der Waals surface area (Å²) in [7, 11) is -1.51. The second-order valence-electron chi connectivity index (χ2n) is 6.42. The summed E-state index contributed by atoms with van der Waals surface area (Å²) in [6.45, 7) is 0. The molecular formula is C26H18BBrN2O2. The fourth-order valence-corrected chi connectivity index (χ4v) is 2.93. The van der Waals surface area contributed by atoms with Crippen LogP contribution in [0.3, 0.4) is 0 Å². The predicted octanol–water partition coefficient (Wildman–Crippen LogP) is 3.41. The molecule has 2 aromatic heterocycles. The summed E-state index contributed by atoms with van der Waals surface area (Å²) in [4.78, 5) is 7.96. The second-order valence-corrected chi connectivity index (χ2v) is 7.28. The van der Waals surface area contributed by atoms with Gasteiger partial charge in [0, 0.05) is 51.5 Å². The van der Waals surface area contributed by atoms with Crippen LogP contribution in [0, 0.1) is 23.7 Å². The number of benzene rings is 2. The van der Waals surface area contributed by atoms with E-state index in [0.717, 1.165) is 21.2 Å². The lowest BCUT2D eigenvalue weighted by molar-refractivity contribution is 0.425. The molecule has 0 saturated carbocycles. The molecule has 0 spiro atoms. The minimum Gasteiger partial charge on any atom is -0.423 e. The molecule has 0 atom stereocenters. The van der Waals surface area contributed by atoms with Gasteiger partial charge in [-0.3, -0.25) is 9.97 Å². The predicted molar refractivity (Wildman–Crippen MR) is 131 cm³/mol. The van der Waals surface area contributed by atoms with Gasteiger partial charge in [0.25, 0.3) is 0 Å². The van der Waals surface area contributed by atoms with Crippen LogP contribution < -0.4 is 5.46 Å². The molecule has 0 radical (unpaired) electrons. The highest BCUT2D eigenvalue weighted by atomic mass is 79.9. The number of aromatic nitrogens is 2. The molecule has 0 amide bonds. The first-order chi connectivity index (χ1) is 15.6. The molecule has 4 aromatic rings. The highest BCUT2D eigenvalue weighted by Gasteiger charge is 2.13. The van der Waals surface area contributed by atoms with Crippen LogP contribution in [0.25, 0.3) is 0 Å². The third kappa shape index (κ3) is 7.23. The molecule has 6 heteroatoms. The molecule has 2 aromatic carbocycles. The van der Waals surface area contributed by atoms with Crippen molar-refractivity contribution in [2.45, 2.75) is 0 Å². The number of nitrogens with zero attached hydrogens (tertiary/aromatic N) is 2. The van der Waals surface area contributed by atoms with Gasteiger partial charge in [-0.15, -0.1) is 0 Å². The Morgan fingerprint density at radius 1 is 0.625 bits per heavy atom. The standard InChI is InChI=1S/C13H10BNO2.C13H8BrN/c16-14(17)13-6-2-1-5-12(13)8-7-11-4-3-9-15-10-11;14-13-6-2-1-5-12(13)8-7-11-4-3-9-15-10-11/h1-6,9-10,16-17H;1-6,9-10H. The maximum Gasteiger partial charge on any atom is 0.489 e. The van der Waals surface area contributed by atoms with E-state index in [1.54, 1.807) is 55.1 Å². The summed E-state index contributed by atoms with van der Waals surface area (Å²) in [5, 5.41) is 18.4. The number of halogens is 1. The molecule has 0 aliphatic carbocycles. The molecule has 0 fully saturated rings. The SMILES string of the molecule is Brc1ccccc1C#Cc1cccnc1.OB(O)c1ccccc1C#Cc1cccnc1. The van der Waals surface area contributed by atoms with Gasteiger partial charge in [0.1, 0.15) is 0 Å². The molecule has 4 rings (SSSR count). The van der Waals surface area contributed by atoms with E-state index in [0.29, 0.717) is 11.0 Å². The summed E-state index contributed by atoms with van der Waals surface area (Å²) < 4.78 is 1.02. The highest BCUT2D eigenvalue weighted by molar-refractivity contribution is 9.10. The lowest BCUT2D eigenvalue weighted by Crippen LogP contribution is -2.32. The van der Waals surface area contributed by atoms with Crippen molar-refractivity contribution in [1.82, 2.24) is 9.97 Å². The summed E-state index contributed by atoms with van der Waals surface area (Å²) in [5.74, 6) is 12.0. The van der Waals surface area contributed by atoms with Gasteiger partial charge in [-0.1, -0.05) is 54.0 Å². The normalized spacial score (nSPS) is 9.22. The first kappa shape index (κ1) is 23.0. The Morgan fingerprint density at radius 2 is 1.16 bits per heavy atom. The summed E-state index contributed by atoms with van der Waals surface area (Å²) >= 11 is 3.45. The van der Waals surface area contributed by atoms with E-state index < -0.39 is 7.12 Å². The Morgan fingerprint density at radius 3 is 1.69 bits per heavy atom. The maximum atomic E-state index is 9.18. The van der Waals surface area contributed by atoms with E-state index in [2.05, 4.69) is 49.6 Å². The maximum absolute atomic E-state index is 9.18. The van der Waals surface area contributed by atoms with E-state index in [4.69, 9.17) is 0 Å². The zero-order valence-corrected chi connectivity index (χ0v) is 18.6. The fourth-order valence-electron chi connectivity index (χ4n) is 2.55. The van der Waals surface area contributed by atoms with Gasteiger partial charge in [0.2, 0.25) is 0 Å². The van der Waals surface area contributed by atoms with Crippen LogP contribution in [-0.4, -0.2) is 27.1 Å².